The van der Waals surface area contributed by atoms with Crippen LogP contribution in [-0.4, -0.2) is 29.4 Å². The Morgan fingerprint density at radius 2 is 1.75 bits per heavy atom. The minimum Gasteiger partial charge on any atom is -0.354 e. The molecule has 0 radical (unpaired) electrons. The smallest absolute Gasteiger partial charge is 0.234 e. The summed E-state index contributed by atoms with van der Waals surface area (Å²) >= 11 is 1.27. The van der Waals surface area contributed by atoms with Gasteiger partial charge in [-0.05, 0) is 37.6 Å². The molecule has 0 spiro atoms. The van der Waals surface area contributed by atoms with Crippen LogP contribution in [0.1, 0.15) is 31.9 Å². The van der Waals surface area contributed by atoms with Gasteiger partial charge in [0.1, 0.15) is 5.82 Å². The zero-order chi connectivity index (χ0) is 20.7. The standard InChI is InChI=1S/C22H27FN2O2S/c1-15-9-11-17(12-10-15)25-20(26)13-28-16(2)21(27)24-14-22(3,4)18-7-5-6-8-19(18)23/h5-12,16H,13-14H2,1-4H3,(H,24,27)(H,25,26). The van der Waals surface area contributed by atoms with E-state index < -0.39 is 5.41 Å². The van der Waals surface area contributed by atoms with E-state index in [-0.39, 0.29) is 28.6 Å². The summed E-state index contributed by atoms with van der Waals surface area (Å²) in [5.74, 6) is -0.422. The quantitative estimate of drug-likeness (QED) is 0.693. The average Bonchev–Trinajstić information content (AvgIpc) is 2.66. The summed E-state index contributed by atoms with van der Waals surface area (Å²) in [6.45, 7) is 7.83. The van der Waals surface area contributed by atoms with E-state index in [4.69, 9.17) is 0 Å². The molecule has 0 saturated carbocycles. The highest BCUT2D eigenvalue weighted by Gasteiger charge is 2.25. The van der Waals surface area contributed by atoms with Crippen LogP contribution in [0.2, 0.25) is 0 Å². The second kappa shape index (κ2) is 9.73. The van der Waals surface area contributed by atoms with Crippen molar-refractivity contribution in [3.63, 3.8) is 0 Å². The van der Waals surface area contributed by atoms with Crippen molar-refractivity contribution in [2.24, 2.45) is 0 Å². The van der Waals surface area contributed by atoms with Crippen molar-refractivity contribution in [1.82, 2.24) is 5.32 Å². The Bertz CT molecular complexity index is 822. The van der Waals surface area contributed by atoms with Crippen LogP contribution < -0.4 is 10.6 Å². The molecule has 0 aromatic heterocycles. The lowest BCUT2D eigenvalue weighted by Gasteiger charge is -2.26. The molecule has 2 rings (SSSR count). The number of halogens is 1. The van der Waals surface area contributed by atoms with Gasteiger partial charge in [-0.25, -0.2) is 4.39 Å². The van der Waals surface area contributed by atoms with Crippen LogP contribution in [0.25, 0.3) is 0 Å². The van der Waals surface area contributed by atoms with Crippen LogP contribution in [0, 0.1) is 12.7 Å². The summed E-state index contributed by atoms with van der Waals surface area (Å²) < 4.78 is 14.0. The number of benzene rings is 2. The Morgan fingerprint density at radius 1 is 1.11 bits per heavy atom. The van der Waals surface area contributed by atoms with Crippen molar-refractivity contribution in [1.29, 1.82) is 0 Å². The van der Waals surface area contributed by atoms with Gasteiger partial charge < -0.3 is 10.6 Å². The second-order valence-corrected chi connectivity index (χ2v) is 8.78. The van der Waals surface area contributed by atoms with Crippen LogP contribution in [0.5, 0.6) is 0 Å². The molecule has 0 aliphatic carbocycles. The van der Waals surface area contributed by atoms with Crippen LogP contribution in [-0.2, 0) is 15.0 Å². The van der Waals surface area contributed by atoms with E-state index in [1.807, 2.05) is 45.0 Å². The topological polar surface area (TPSA) is 58.2 Å². The molecule has 150 valence electrons. The zero-order valence-electron chi connectivity index (χ0n) is 16.7. The Balaban J connectivity index is 1.80. The molecule has 0 aliphatic rings. The predicted molar refractivity (Wildman–Crippen MR) is 114 cm³/mol. The highest BCUT2D eigenvalue weighted by atomic mass is 32.2. The number of amides is 2. The van der Waals surface area contributed by atoms with E-state index >= 15 is 0 Å². The number of anilines is 1. The van der Waals surface area contributed by atoms with Gasteiger partial charge in [0.2, 0.25) is 11.8 Å². The third-order valence-electron chi connectivity index (χ3n) is 4.48. The van der Waals surface area contributed by atoms with Crippen molar-refractivity contribution in [3.05, 3.63) is 65.5 Å². The molecule has 6 heteroatoms. The normalized spacial score (nSPS) is 12.3. The fourth-order valence-electron chi connectivity index (χ4n) is 2.67. The monoisotopic (exact) mass is 402 g/mol. The molecule has 0 saturated heterocycles. The highest BCUT2D eigenvalue weighted by Crippen LogP contribution is 2.25. The number of aryl methyl sites for hydroxylation is 1. The first-order valence-corrected chi connectivity index (χ1v) is 10.2. The van der Waals surface area contributed by atoms with Gasteiger partial charge in [-0.2, -0.15) is 0 Å². The summed E-state index contributed by atoms with van der Waals surface area (Å²) in [5.41, 5.74) is 1.89. The number of nitrogens with one attached hydrogen (secondary N) is 2. The number of hydrogen-bond acceptors (Lipinski definition) is 3. The fourth-order valence-corrected chi connectivity index (χ4v) is 3.38. The summed E-state index contributed by atoms with van der Waals surface area (Å²) in [7, 11) is 0. The Kier molecular flexibility index (Phi) is 7.63. The van der Waals surface area contributed by atoms with Gasteiger partial charge in [0.25, 0.3) is 0 Å². The van der Waals surface area contributed by atoms with Gasteiger partial charge in [0.05, 0.1) is 11.0 Å². The Labute approximate surface area is 170 Å². The van der Waals surface area contributed by atoms with Crippen LogP contribution in [0.4, 0.5) is 10.1 Å². The Hall–Kier alpha value is -2.34. The predicted octanol–water partition coefficient (Wildman–Crippen LogP) is 4.29. The van der Waals surface area contributed by atoms with Gasteiger partial charge in [-0.15, -0.1) is 11.8 Å². The maximum atomic E-state index is 14.0. The van der Waals surface area contributed by atoms with Gasteiger partial charge in [-0.1, -0.05) is 49.7 Å². The zero-order valence-corrected chi connectivity index (χ0v) is 17.5. The van der Waals surface area contributed by atoms with E-state index in [1.54, 1.807) is 25.1 Å². The highest BCUT2D eigenvalue weighted by molar-refractivity contribution is 8.01. The number of rotatable bonds is 8. The minimum absolute atomic E-state index is 0.153. The molecule has 2 aromatic carbocycles. The SMILES string of the molecule is Cc1ccc(NC(=O)CSC(C)C(=O)NCC(C)(C)c2ccccc2F)cc1. The molecule has 2 N–H and O–H groups in total. The summed E-state index contributed by atoms with van der Waals surface area (Å²) in [6.07, 6.45) is 0. The molecule has 28 heavy (non-hydrogen) atoms. The molecule has 0 fully saturated rings. The van der Waals surface area contributed by atoms with E-state index in [1.165, 1.54) is 17.8 Å². The van der Waals surface area contributed by atoms with Crippen molar-refractivity contribution in [3.8, 4) is 0 Å². The lowest BCUT2D eigenvalue weighted by Crippen LogP contribution is -2.40. The fraction of sp³-hybridized carbons (Fsp3) is 0.364. The van der Waals surface area contributed by atoms with Crippen molar-refractivity contribution in [2.45, 2.75) is 38.4 Å². The summed E-state index contributed by atoms with van der Waals surface area (Å²) in [4.78, 5) is 24.4. The van der Waals surface area contributed by atoms with Crippen molar-refractivity contribution >= 4 is 29.3 Å². The van der Waals surface area contributed by atoms with E-state index in [0.717, 1.165) is 11.3 Å². The molecule has 4 nitrogen and oxygen atoms in total. The van der Waals surface area contributed by atoms with Crippen LogP contribution >= 0.6 is 11.8 Å². The van der Waals surface area contributed by atoms with Crippen LogP contribution in [0.3, 0.4) is 0 Å². The number of carbonyl (C=O) groups is 2. The molecule has 2 amide bonds. The van der Waals surface area contributed by atoms with E-state index in [0.29, 0.717) is 12.1 Å². The summed E-state index contributed by atoms with van der Waals surface area (Å²) in [5, 5.41) is 5.30. The lowest BCUT2D eigenvalue weighted by atomic mass is 9.84. The summed E-state index contributed by atoms with van der Waals surface area (Å²) in [6, 6.07) is 14.1. The molecule has 2 aromatic rings. The molecule has 1 atom stereocenters. The molecule has 0 heterocycles. The molecular weight excluding hydrogens is 375 g/mol. The molecule has 0 aliphatic heterocycles. The van der Waals surface area contributed by atoms with Crippen molar-refractivity contribution < 1.29 is 14.0 Å². The number of carbonyl (C=O) groups excluding carboxylic acids is 2. The molecule has 1 unspecified atom stereocenters. The van der Waals surface area contributed by atoms with Gasteiger partial charge >= 0.3 is 0 Å². The largest absolute Gasteiger partial charge is 0.354 e. The van der Waals surface area contributed by atoms with Gasteiger partial charge in [-0.3, -0.25) is 9.59 Å². The number of hydrogen-bond donors (Lipinski definition) is 2. The third kappa shape index (κ3) is 6.37. The maximum Gasteiger partial charge on any atom is 0.234 e. The van der Waals surface area contributed by atoms with E-state index in [9.17, 15) is 14.0 Å². The first kappa shape index (κ1) is 22.0. The first-order chi connectivity index (χ1) is 13.2. The number of thioether (sulfide) groups is 1. The maximum absolute atomic E-state index is 14.0. The van der Waals surface area contributed by atoms with Crippen LogP contribution in [0.15, 0.2) is 48.5 Å². The molecular formula is C22H27FN2O2S. The third-order valence-corrected chi connectivity index (χ3v) is 5.62. The first-order valence-electron chi connectivity index (χ1n) is 9.20. The second-order valence-electron chi connectivity index (χ2n) is 7.45. The minimum atomic E-state index is -0.534. The molecule has 0 bridgehead atoms. The lowest BCUT2D eigenvalue weighted by molar-refractivity contribution is -0.120. The van der Waals surface area contributed by atoms with E-state index in [2.05, 4.69) is 10.6 Å². The van der Waals surface area contributed by atoms with Gasteiger partial charge in [0.15, 0.2) is 0 Å². The average molecular weight is 403 g/mol. The van der Waals surface area contributed by atoms with Crippen molar-refractivity contribution in [2.75, 3.05) is 17.6 Å². The Morgan fingerprint density at radius 3 is 2.39 bits per heavy atom. The van der Waals surface area contributed by atoms with Gasteiger partial charge in [0, 0.05) is 17.6 Å².